The highest BCUT2D eigenvalue weighted by atomic mass is 16.6. The molecule has 24 heavy (non-hydrogen) atoms. The fraction of sp³-hybridized carbons (Fsp3) is 0.650. The number of carbonyl (C=O) groups is 1. The zero-order valence-corrected chi connectivity index (χ0v) is 15.0. The van der Waals surface area contributed by atoms with Crippen molar-refractivity contribution in [3.05, 3.63) is 29.8 Å². The molecule has 2 saturated carbocycles. The second-order valence-electron chi connectivity index (χ2n) is 7.99. The van der Waals surface area contributed by atoms with Gasteiger partial charge in [0.15, 0.2) is 0 Å². The Hall–Kier alpha value is -1.71. The van der Waals surface area contributed by atoms with Gasteiger partial charge >= 0.3 is 6.09 Å². The SMILES string of the molecule is COc1ccc(CNC(=O)OC2(C)CC3CC(C)CC(C3)C2)cc1. The number of nitrogens with one attached hydrogen (secondary N) is 1. The fourth-order valence-corrected chi connectivity index (χ4v) is 4.80. The summed E-state index contributed by atoms with van der Waals surface area (Å²) < 4.78 is 11.0. The third-order valence-electron chi connectivity index (χ3n) is 5.51. The minimum absolute atomic E-state index is 0.304. The Balaban J connectivity index is 1.50. The summed E-state index contributed by atoms with van der Waals surface area (Å²) in [6.45, 7) is 4.93. The molecule has 0 radical (unpaired) electrons. The molecule has 0 saturated heterocycles. The van der Waals surface area contributed by atoms with E-state index in [1.807, 2.05) is 24.3 Å². The van der Waals surface area contributed by atoms with Gasteiger partial charge in [-0.05, 0) is 74.5 Å². The van der Waals surface area contributed by atoms with Crippen LogP contribution in [-0.2, 0) is 11.3 Å². The van der Waals surface area contributed by atoms with Crippen LogP contribution < -0.4 is 10.1 Å². The first-order valence-corrected chi connectivity index (χ1v) is 9.05. The lowest BCUT2D eigenvalue weighted by Crippen LogP contribution is -2.45. The topological polar surface area (TPSA) is 47.6 Å². The highest BCUT2D eigenvalue weighted by Gasteiger charge is 2.43. The molecule has 1 aromatic carbocycles. The molecule has 0 aromatic heterocycles. The van der Waals surface area contributed by atoms with Gasteiger partial charge in [-0.2, -0.15) is 0 Å². The lowest BCUT2D eigenvalue weighted by atomic mass is 9.64. The Labute approximate surface area is 144 Å². The first kappa shape index (κ1) is 17.1. The van der Waals surface area contributed by atoms with Gasteiger partial charge in [-0.3, -0.25) is 0 Å². The zero-order chi connectivity index (χ0) is 17.2. The van der Waals surface area contributed by atoms with Gasteiger partial charge in [0.2, 0.25) is 0 Å². The van der Waals surface area contributed by atoms with Crippen LogP contribution in [0, 0.1) is 17.8 Å². The van der Waals surface area contributed by atoms with Crippen molar-refractivity contribution in [2.45, 2.75) is 58.1 Å². The van der Waals surface area contributed by atoms with E-state index < -0.39 is 0 Å². The molecule has 0 spiro atoms. The van der Waals surface area contributed by atoms with Crippen molar-refractivity contribution in [1.82, 2.24) is 5.32 Å². The fourth-order valence-electron chi connectivity index (χ4n) is 4.80. The number of methoxy groups -OCH3 is 1. The molecule has 1 N–H and O–H groups in total. The van der Waals surface area contributed by atoms with Crippen molar-refractivity contribution in [3.63, 3.8) is 0 Å². The summed E-state index contributed by atoms with van der Waals surface area (Å²) in [5, 5.41) is 2.88. The van der Waals surface area contributed by atoms with Crippen LogP contribution in [0.25, 0.3) is 0 Å². The molecule has 2 bridgehead atoms. The Morgan fingerprint density at radius 2 is 1.79 bits per heavy atom. The third-order valence-corrected chi connectivity index (χ3v) is 5.51. The zero-order valence-electron chi connectivity index (χ0n) is 15.0. The van der Waals surface area contributed by atoms with E-state index in [4.69, 9.17) is 9.47 Å². The van der Waals surface area contributed by atoms with Crippen LogP contribution >= 0.6 is 0 Å². The van der Waals surface area contributed by atoms with Crippen LogP contribution in [0.15, 0.2) is 24.3 Å². The molecule has 4 heteroatoms. The van der Waals surface area contributed by atoms with Crippen LogP contribution in [-0.4, -0.2) is 18.8 Å². The maximum absolute atomic E-state index is 12.2. The van der Waals surface area contributed by atoms with Crippen molar-refractivity contribution < 1.29 is 14.3 Å². The number of carbonyl (C=O) groups excluding carboxylic acids is 1. The van der Waals surface area contributed by atoms with Gasteiger partial charge in [0, 0.05) is 6.54 Å². The number of ether oxygens (including phenoxy) is 2. The lowest BCUT2D eigenvalue weighted by molar-refractivity contribution is -0.0559. The van der Waals surface area contributed by atoms with E-state index in [9.17, 15) is 4.79 Å². The maximum atomic E-state index is 12.2. The van der Waals surface area contributed by atoms with E-state index in [1.54, 1.807) is 7.11 Å². The van der Waals surface area contributed by atoms with Crippen molar-refractivity contribution in [3.8, 4) is 5.75 Å². The highest BCUT2D eigenvalue weighted by Crippen LogP contribution is 2.47. The number of hydrogen-bond donors (Lipinski definition) is 1. The van der Waals surface area contributed by atoms with Gasteiger partial charge in [0.05, 0.1) is 7.11 Å². The first-order chi connectivity index (χ1) is 11.5. The summed E-state index contributed by atoms with van der Waals surface area (Å²) in [5.74, 6) is 3.07. The van der Waals surface area contributed by atoms with Gasteiger partial charge in [-0.15, -0.1) is 0 Å². The molecule has 2 aliphatic carbocycles. The van der Waals surface area contributed by atoms with Crippen molar-refractivity contribution in [2.24, 2.45) is 17.8 Å². The van der Waals surface area contributed by atoms with Crippen molar-refractivity contribution in [2.75, 3.05) is 7.11 Å². The standard InChI is InChI=1S/C20H29NO3/c1-14-8-16-10-17(9-14)12-20(2,11-16)24-19(22)21-13-15-4-6-18(23-3)7-5-15/h4-7,14,16-17H,8-13H2,1-3H3,(H,21,22). The molecule has 1 amide bonds. The van der Waals surface area contributed by atoms with Crippen LogP contribution in [0.3, 0.4) is 0 Å². The first-order valence-electron chi connectivity index (χ1n) is 9.05. The van der Waals surface area contributed by atoms with Crippen LogP contribution in [0.2, 0.25) is 0 Å². The van der Waals surface area contributed by atoms with Gasteiger partial charge in [-0.25, -0.2) is 4.79 Å². The number of hydrogen-bond acceptors (Lipinski definition) is 3. The number of fused-ring (bicyclic) bond motifs is 2. The molecule has 2 fully saturated rings. The van der Waals surface area contributed by atoms with Crippen LogP contribution in [0.4, 0.5) is 4.79 Å². The van der Waals surface area contributed by atoms with E-state index in [0.29, 0.717) is 18.4 Å². The molecular formula is C20H29NO3. The number of amides is 1. The number of alkyl carbamates (subject to hydrolysis) is 1. The summed E-state index contributed by atoms with van der Waals surface area (Å²) in [7, 11) is 1.64. The van der Waals surface area contributed by atoms with E-state index in [0.717, 1.165) is 30.1 Å². The second-order valence-corrected chi connectivity index (χ2v) is 7.99. The summed E-state index contributed by atoms with van der Waals surface area (Å²) in [6, 6.07) is 7.70. The second kappa shape index (κ2) is 7.04. The van der Waals surface area contributed by atoms with Crippen LogP contribution in [0.1, 0.15) is 51.5 Å². The normalized spacial score (nSPS) is 32.0. The minimum Gasteiger partial charge on any atom is -0.497 e. The lowest BCUT2D eigenvalue weighted by Gasteiger charge is -2.46. The van der Waals surface area contributed by atoms with Crippen molar-refractivity contribution >= 4 is 6.09 Å². The van der Waals surface area contributed by atoms with E-state index in [2.05, 4.69) is 19.2 Å². The molecule has 2 unspecified atom stereocenters. The van der Waals surface area contributed by atoms with E-state index in [1.165, 1.54) is 19.3 Å². The Morgan fingerprint density at radius 3 is 2.38 bits per heavy atom. The predicted octanol–water partition coefficient (Wildman–Crippen LogP) is 4.53. The smallest absolute Gasteiger partial charge is 0.407 e. The van der Waals surface area contributed by atoms with Crippen LogP contribution in [0.5, 0.6) is 5.75 Å². The number of rotatable bonds is 4. The molecule has 132 valence electrons. The monoisotopic (exact) mass is 331 g/mol. The Bertz CT molecular complexity index is 551. The van der Waals surface area contributed by atoms with Crippen molar-refractivity contribution in [1.29, 1.82) is 0 Å². The number of benzene rings is 1. The highest BCUT2D eigenvalue weighted by molar-refractivity contribution is 5.67. The summed E-state index contributed by atoms with van der Waals surface area (Å²) >= 11 is 0. The molecule has 4 nitrogen and oxygen atoms in total. The molecule has 2 atom stereocenters. The van der Waals surface area contributed by atoms with Gasteiger partial charge in [-0.1, -0.05) is 19.1 Å². The van der Waals surface area contributed by atoms with Gasteiger partial charge in [0.25, 0.3) is 0 Å². The molecule has 1 aromatic rings. The average Bonchev–Trinajstić information content (AvgIpc) is 2.51. The largest absolute Gasteiger partial charge is 0.497 e. The molecule has 2 aliphatic rings. The summed E-state index contributed by atoms with van der Waals surface area (Å²) in [5.41, 5.74) is 0.727. The molecule has 3 rings (SSSR count). The molecule has 0 heterocycles. The average molecular weight is 331 g/mol. The summed E-state index contributed by atoms with van der Waals surface area (Å²) in [6.07, 6.45) is 5.58. The maximum Gasteiger partial charge on any atom is 0.407 e. The third kappa shape index (κ3) is 4.22. The van der Waals surface area contributed by atoms with Gasteiger partial charge < -0.3 is 14.8 Å². The van der Waals surface area contributed by atoms with E-state index >= 15 is 0 Å². The summed E-state index contributed by atoms with van der Waals surface area (Å²) in [4.78, 5) is 12.2. The minimum atomic E-state index is -0.308. The van der Waals surface area contributed by atoms with E-state index in [-0.39, 0.29) is 11.7 Å². The quantitative estimate of drug-likeness (QED) is 0.882. The van der Waals surface area contributed by atoms with Gasteiger partial charge in [0.1, 0.15) is 11.4 Å². The Morgan fingerprint density at radius 1 is 1.17 bits per heavy atom. The Kier molecular flexibility index (Phi) is 5.02. The predicted molar refractivity (Wildman–Crippen MR) is 93.9 cm³/mol. The molecular weight excluding hydrogens is 302 g/mol. The molecule has 0 aliphatic heterocycles.